The summed E-state index contributed by atoms with van der Waals surface area (Å²) in [6.45, 7) is 1.68. The summed E-state index contributed by atoms with van der Waals surface area (Å²) < 4.78 is 0. The smallest absolute Gasteiger partial charge is 0.324 e. The van der Waals surface area contributed by atoms with Crippen LogP contribution < -0.4 is 10.2 Å². The molecule has 4 atom stereocenters. The average Bonchev–Trinajstić information content (AvgIpc) is 3.28. The molecule has 32 heavy (non-hydrogen) atoms. The molecule has 2 aliphatic heterocycles. The molecule has 0 aromatic heterocycles. The standard InChI is InChI=1S/C25H22N2O5/c1-2-25(24(31)32)20-19(21(26-25)16-11-5-6-13-18(16)28)22(29)27(23(20)30)17-12-7-9-14-8-3-4-10-15(14)17/h3-13,19-21,26,28H,2H2,1H3,(H,31,32)/t19-,20+,21+,25-/m0/s1. The van der Waals surface area contributed by atoms with Crippen LogP contribution in [0.1, 0.15) is 24.9 Å². The van der Waals surface area contributed by atoms with Gasteiger partial charge in [-0.3, -0.25) is 19.7 Å². The second kappa shape index (κ2) is 7.17. The second-order valence-corrected chi connectivity index (χ2v) is 8.32. The number of phenolic OH excluding ortho intramolecular Hbond substituents is 1. The molecular formula is C25H22N2O5. The van der Waals surface area contributed by atoms with Crippen molar-refractivity contribution in [3.8, 4) is 5.75 Å². The molecule has 7 nitrogen and oxygen atoms in total. The predicted molar refractivity (Wildman–Crippen MR) is 118 cm³/mol. The number of carbonyl (C=O) groups is 3. The lowest BCUT2D eigenvalue weighted by atomic mass is 9.78. The average molecular weight is 430 g/mol. The lowest BCUT2D eigenvalue weighted by Gasteiger charge is -2.30. The number of imide groups is 1. The van der Waals surface area contributed by atoms with Gasteiger partial charge in [0.05, 0.1) is 17.5 Å². The summed E-state index contributed by atoms with van der Waals surface area (Å²) in [4.78, 5) is 41.1. The Bertz CT molecular complexity index is 1270. The normalized spacial score (nSPS) is 27.2. The molecule has 0 aliphatic carbocycles. The summed E-state index contributed by atoms with van der Waals surface area (Å²) in [5.41, 5.74) is -0.775. The van der Waals surface area contributed by atoms with E-state index in [1.54, 1.807) is 37.3 Å². The highest BCUT2D eigenvalue weighted by molar-refractivity contribution is 6.26. The van der Waals surface area contributed by atoms with Crippen LogP contribution in [0.4, 0.5) is 5.69 Å². The van der Waals surface area contributed by atoms with Crippen LogP contribution >= 0.6 is 0 Å². The van der Waals surface area contributed by atoms with E-state index in [9.17, 15) is 24.6 Å². The first-order valence-electron chi connectivity index (χ1n) is 10.5. The van der Waals surface area contributed by atoms with Gasteiger partial charge in [0.2, 0.25) is 11.8 Å². The van der Waals surface area contributed by atoms with Crippen molar-refractivity contribution >= 4 is 34.2 Å². The van der Waals surface area contributed by atoms with Crippen molar-refractivity contribution in [3.63, 3.8) is 0 Å². The van der Waals surface area contributed by atoms with Crippen molar-refractivity contribution in [3.05, 3.63) is 72.3 Å². The fraction of sp³-hybridized carbons (Fsp3) is 0.240. The first-order valence-corrected chi connectivity index (χ1v) is 10.5. The quantitative estimate of drug-likeness (QED) is 0.549. The molecule has 2 amide bonds. The highest BCUT2D eigenvalue weighted by Gasteiger charge is 2.68. The van der Waals surface area contributed by atoms with Gasteiger partial charge in [-0.15, -0.1) is 0 Å². The van der Waals surface area contributed by atoms with Gasteiger partial charge >= 0.3 is 5.97 Å². The number of benzene rings is 3. The van der Waals surface area contributed by atoms with Crippen LogP contribution in [0.5, 0.6) is 5.75 Å². The van der Waals surface area contributed by atoms with Gasteiger partial charge in [0.15, 0.2) is 0 Å². The monoisotopic (exact) mass is 430 g/mol. The number of nitrogens with zero attached hydrogens (tertiary/aromatic N) is 1. The number of hydrogen-bond donors (Lipinski definition) is 3. The van der Waals surface area contributed by atoms with E-state index in [0.29, 0.717) is 11.3 Å². The lowest BCUT2D eigenvalue weighted by molar-refractivity contribution is -0.149. The number of carbonyl (C=O) groups excluding carboxylic acids is 2. The molecule has 7 heteroatoms. The molecule has 2 saturated heterocycles. The van der Waals surface area contributed by atoms with Gasteiger partial charge in [-0.05, 0) is 23.9 Å². The van der Waals surface area contributed by atoms with Crippen molar-refractivity contribution in [2.75, 3.05) is 4.90 Å². The number of para-hydroxylation sites is 1. The summed E-state index contributed by atoms with van der Waals surface area (Å²) in [6, 6.07) is 18.5. The number of aliphatic carboxylic acids is 1. The highest BCUT2D eigenvalue weighted by atomic mass is 16.4. The van der Waals surface area contributed by atoms with Gasteiger partial charge in [0.25, 0.3) is 0 Å². The van der Waals surface area contributed by atoms with Crippen LogP contribution in [-0.2, 0) is 14.4 Å². The highest BCUT2D eigenvalue weighted by Crippen LogP contribution is 2.52. The number of fused-ring (bicyclic) bond motifs is 2. The van der Waals surface area contributed by atoms with Gasteiger partial charge in [0, 0.05) is 17.0 Å². The Morgan fingerprint density at radius 2 is 1.69 bits per heavy atom. The van der Waals surface area contributed by atoms with Crippen LogP contribution in [0.2, 0.25) is 0 Å². The van der Waals surface area contributed by atoms with E-state index in [1.165, 1.54) is 6.07 Å². The molecule has 2 fully saturated rings. The van der Waals surface area contributed by atoms with Gasteiger partial charge < -0.3 is 10.2 Å². The number of amides is 2. The summed E-state index contributed by atoms with van der Waals surface area (Å²) in [7, 11) is 0. The zero-order valence-electron chi connectivity index (χ0n) is 17.4. The zero-order valence-corrected chi connectivity index (χ0v) is 17.4. The van der Waals surface area contributed by atoms with Gasteiger partial charge in [-0.2, -0.15) is 0 Å². The maximum atomic E-state index is 13.8. The minimum Gasteiger partial charge on any atom is -0.508 e. The third kappa shape index (κ3) is 2.61. The van der Waals surface area contributed by atoms with Crippen LogP contribution in [0.3, 0.4) is 0 Å². The maximum Gasteiger partial charge on any atom is 0.324 e. The number of carboxylic acid groups (broad SMARTS) is 1. The number of anilines is 1. The van der Waals surface area contributed by atoms with E-state index in [2.05, 4.69) is 5.32 Å². The number of phenols is 1. The number of nitrogens with one attached hydrogen (secondary N) is 1. The second-order valence-electron chi connectivity index (χ2n) is 8.32. The topological polar surface area (TPSA) is 107 Å². The van der Waals surface area contributed by atoms with Gasteiger partial charge in [-0.25, -0.2) is 4.90 Å². The molecular weight excluding hydrogens is 408 g/mol. The van der Waals surface area contributed by atoms with Crippen molar-refractivity contribution in [2.45, 2.75) is 24.9 Å². The Morgan fingerprint density at radius 1 is 1.00 bits per heavy atom. The summed E-state index contributed by atoms with van der Waals surface area (Å²) in [5, 5.41) is 25.3. The largest absolute Gasteiger partial charge is 0.508 e. The minimum atomic E-state index is -1.62. The molecule has 0 bridgehead atoms. The SMILES string of the molecule is CC[C@]1(C(=O)O)N[C@H](c2ccccc2O)[C@H]2C(=O)N(c3cccc4ccccc34)C(=O)[C@@H]21. The van der Waals surface area contributed by atoms with Gasteiger partial charge in [-0.1, -0.05) is 61.5 Å². The Morgan fingerprint density at radius 3 is 2.41 bits per heavy atom. The summed E-state index contributed by atoms with van der Waals surface area (Å²) in [5.74, 6) is -4.29. The first-order chi connectivity index (χ1) is 15.4. The van der Waals surface area contributed by atoms with Crippen molar-refractivity contribution < 1.29 is 24.6 Å². The molecule has 0 unspecified atom stereocenters. The van der Waals surface area contributed by atoms with E-state index in [4.69, 9.17) is 0 Å². The fourth-order valence-corrected chi connectivity index (χ4v) is 5.33. The minimum absolute atomic E-state index is 0.0510. The number of carboxylic acids is 1. The van der Waals surface area contributed by atoms with Crippen molar-refractivity contribution in [1.29, 1.82) is 0 Å². The van der Waals surface area contributed by atoms with E-state index in [-0.39, 0.29) is 12.2 Å². The third-order valence-electron chi connectivity index (χ3n) is 6.87. The van der Waals surface area contributed by atoms with Crippen LogP contribution in [-0.4, -0.2) is 33.5 Å². The molecule has 3 aromatic carbocycles. The van der Waals surface area contributed by atoms with Gasteiger partial charge in [0.1, 0.15) is 11.3 Å². The molecule has 3 aromatic rings. The van der Waals surface area contributed by atoms with E-state index in [0.717, 1.165) is 15.7 Å². The van der Waals surface area contributed by atoms with Crippen LogP contribution in [0, 0.1) is 11.8 Å². The van der Waals surface area contributed by atoms with E-state index < -0.39 is 41.2 Å². The number of rotatable bonds is 4. The molecule has 0 spiro atoms. The van der Waals surface area contributed by atoms with E-state index in [1.807, 2.05) is 30.3 Å². The van der Waals surface area contributed by atoms with E-state index >= 15 is 0 Å². The molecule has 0 radical (unpaired) electrons. The zero-order chi connectivity index (χ0) is 22.6. The molecule has 162 valence electrons. The van der Waals surface area contributed by atoms with Crippen molar-refractivity contribution in [1.82, 2.24) is 5.32 Å². The predicted octanol–water partition coefficient (Wildman–Crippen LogP) is 3.23. The summed E-state index contributed by atoms with van der Waals surface area (Å²) in [6.07, 6.45) is 0.107. The van der Waals surface area contributed by atoms with Crippen LogP contribution in [0.25, 0.3) is 10.8 Å². The maximum absolute atomic E-state index is 13.8. The fourth-order valence-electron chi connectivity index (χ4n) is 5.33. The third-order valence-corrected chi connectivity index (χ3v) is 6.87. The first kappa shape index (κ1) is 20.2. The molecule has 0 saturated carbocycles. The lowest BCUT2D eigenvalue weighted by Crippen LogP contribution is -2.55. The summed E-state index contributed by atoms with van der Waals surface area (Å²) >= 11 is 0. The Labute approximate surface area is 184 Å². The van der Waals surface area contributed by atoms with Crippen LogP contribution in [0.15, 0.2) is 66.7 Å². The Hall–Kier alpha value is -3.71. The number of aromatic hydroxyl groups is 1. The Balaban J connectivity index is 1.70. The molecule has 3 N–H and O–H groups in total. The van der Waals surface area contributed by atoms with Crippen molar-refractivity contribution in [2.24, 2.45) is 11.8 Å². The molecule has 2 aliphatic rings. The molecule has 2 heterocycles. The number of hydrogen-bond acceptors (Lipinski definition) is 5. The molecule has 5 rings (SSSR count). The Kier molecular flexibility index (Phi) is 4.53.